The number of carbonyl (C=O) groups is 1. The average Bonchev–Trinajstić information content (AvgIpc) is 2.58. The number of nitriles is 1. The molecular formula is C20H23N3O2. The topological polar surface area (TPSA) is 56.6 Å². The van der Waals surface area contributed by atoms with Gasteiger partial charge in [-0.2, -0.15) is 5.26 Å². The zero-order valence-corrected chi connectivity index (χ0v) is 15.3. The highest BCUT2D eigenvalue weighted by molar-refractivity contribution is 6.09. The molecule has 0 N–H and O–H groups in total. The first-order valence-corrected chi connectivity index (χ1v) is 8.10. The van der Waals surface area contributed by atoms with Crippen molar-refractivity contribution in [1.82, 2.24) is 0 Å². The number of esters is 1. The summed E-state index contributed by atoms with van der Waals surface area (Å²) in [6, 6.07) is 11.9. The molecule has 5 nitrogen and oxygen atoms in total. The molecule has 0 amide bonds. The van der Waals surface area contributed by atoms with E-state index in [9.17, 15) is 10.1 Å². The van der Waals surface area contributed by atoms with E-state index in [4.69, 9.17) is 4.74 Å². The first-order valence-electron chi connectivity index (χ1n) is 8.10. The lowest BCUT2D eigenvalue weighted by Crippen LogP contribution is -2.13. The highest BCUT2D eigenvalue weighted by Gasteiger charge is 2.15. The molecule has 0 saturated carbocycles. The van der Waals surface area contributed by atoms with Gasteiger partial charge in [0.2, 0.25) is 0 Å². The van der Waals surface area contributed by atoms with Crippen LogP contribution < -0.4 is 9.80 Å². The number of rotatable bonds is 5. The summed E-state index contributed by atoms with van der Waals surface area (Å²) >= 11 is 0. The largest absolute Gasteiger partial charge is 0.462 e. The van der Waals surface area contributed by atoms with Crippen LogP contribution >= 0.6 is 0 Å². The number of fused-ring (bicyclic) bond motifs is 1. The maximum Gasteiger partial charge on any atom is 0.348 e. The van der Waals surface area contributed by atoms with E-state index < -0.39 is 5.97 Å². The van der Waals surface area contributed by atoms with Crippen LogP contribution in [0.2, 0.25) is 0 Å². The van der Waals surface area contributed by atoms with Gasteiger partial charge in [0.05, 0.1) is 6.61 Å². The van der Waals surface area contributed by atoms with Crippen LogP contribution in [0.5, 0.6) is 0 Å². The third-order valence-corrected chi connectivity index (χ3v) is 3.91. The fourth-order valence-corrected chi connectivity index (χ4v) is 2.76. The number of ether oxygens (including phenoxy) is 1. The van der Waals surface area contributed by atoms with Crippen LogP contribution in [0.3, 0.4) is 0 Å². The number of benzene rings is 2. The summed E-state index contributed by atoms with van der Waals surface area (Å²) in [5.41, 5.74) is 2.96. The highest BCUT2D eigenvalue weighted by atomic mass is 16.5. The number of hydrogen-bond donors (Lipinski definition) is 0. The Kier molecular flexibility index (Phi) is 5.66. The van der Waals surface area contributed by atoms with E-state index in [2.05, 4.69) is 15.9 Å². The molecule has 2 rings (SSSR count). The zero-order valence-electron chi connectivity index (χ0n) is 15.3. The molecule has 25 heavy (non-hydrogen) atoms. The van der Waals surface area contributed by atoms with Gasteiger partial charge in [-0.15, -0.1) is 0 Å². The molecule has 0 aromatic heterocycles. The molecule has 0 atom stereocenters. The molecule has 0 spiro atoms. The monoisotopic (exact) mass is 337 g/mol. The van der Waals surface area contributed by atoms with E-state index in [0.717, 1.165) is 27.7 Å². The van der Waals surface area contributed by atoms with Crippen molar-refractivity contribution in [3.05, 3.63) is 41.5 Å². The van der Waals surface area contributed by atoms with Crippen LogP contribution in [0.4, 0.5) is 11.4 Å². The molecule has 0 heterocycles. The van der Waals surface area contributed by atoms with Gasteiger partial charge in [0.15, 0.2) is 0 Å². The van der Waals surface area contributed by atoms with Gasteiger partial charge >= 0.3 is 5.97 Å². The van der Waals surface area contributed by atoms with Gasteiger partial charge in [-0.05, 0) is 36.1 Å². The summed E-state index contributed by atoms with van der Waals surface area (Å²) in [7, 11) is 7.98. The molecule has 0 fully saturated rings. The summed E-state index contributed by atoms with van der Waals surface area (Å²) in [5, 5.41) is 11.4. The Morgan fingerprint density at radius 2 is 1.76 bits per heavy atom. The fourth-order valence-electron chi connectivity index (χ4n) is 2.76. The molecule has 0 saturated heterocycles. The Hall–Kier alpha value is -3.00. The summed E-state index contributed by atoms with van der Waals surface area (Å²) in [6.07, 6.45) is 1.60. The van der Waals surface area contributed by atoms with Crippen LogP contribution in [-0.4, -0.2) is 40.8 Å². The third-order valence-electron chi connectivity index (χ3n) is 3.91. The minimum absolute atomic E-state index is 0.00370. The molecule has 2 aromatic carbocycles. The van der Waals surface area contributed by atoms with Gasteiger partial charge in [-0.1, -0.05) is 18.2 Å². The zero-order chi connectivity index (χ0) is 18.6. The minimum Gasteiger partial charge on any atom is -0.462 e. The van der Waals surface area contributed by atoms with Crippen LogP contribution in [0.25, 0.3) is 16.8 Å². The Morgan fingerprint density at radius 3 is 2.32 bits per heavy atom. The van der Waals surface area contributed by atoms with Gasteiger partial charge in [0, 0.05) is 45.0 Å². The molecule has 0 radical (unpaired) electrons. The van der Waals surface area contributed by atoms with Crippen molar-refractivity contribution in [3.8, 4) is 6.07 Å². The Balaban J connectivity index is 2.76. The van der Waals surface area contributed by atoms with E-state index in [0.29, 0.717) is 0 Å². The standard InChI is InChI=1S/C20H23N3O2/c1-6-25-20(24)15(13-21)12-14-10-11-18(23(4)5)19-16(14)8-7-9-17(19)22(2)3/h7-12H,6H2,1-5H3/b15-12+. The number of anilines is 2. The Labute approximate surface area is 148 Å². The van der Waals surface area contributed by atoms with E-state index in [-0.39, 0.29) is 12.2 Å². The van der Waals surface area contributed by atoms with Crippen molar-refractivity contribution < 1.29 is 9.53 Å². The maximum atomic E-state index is 11.9. The molecule has 0 aliphatic heterocycles. The Bertz CT molecular complexity index is 847. The molecule has 2 aromatic rings. The average molecular weight is 337 g/mol. The normalized spacial score (nSPS) is 11.1. The van der Waals surface area contributed by atoms with E-state index in [1.54, 1.807) is 13.0 Å². The van der Waals surface area contributed by atoms with Crippen molar-refractivity contribution in [2.75, 3.05) is 44.6 Å². The first-order chi connectivity index (χ1) is 11.9. The minimum atomic E-state index is -0.599. The summed E-state index contributed by atoms with van der Waals surface area (Å²) in [4.78, 5) is 16.0. The third kappa shape index (κ3) is 3.74. The summed E-state index contributed by atoms with van der Waals surface area (Å²) in [6.45, 7) is 1.96. The second kappa shape index (κ2) is 7.71. The molecule has 0 aliphatic rings. The fraction of sp³-hybridized carbons (Fsp3) is 0.300. The number of nitrogens with zero attached hydrogens (tertiary/aromatic N) is 3. The molecule has 0 bridgehead atoms. The van der Waals surface area contributed by atoms with Crippen molar-refractivity contribution in [1.29, 1.82) is 5.26 Å². The smallest absolute Gasteiger partial charge is 0.348 e. The lowest BCUT2D eigenvalue weighted by molar-refractivity contribution is -0.137. The van der Waals surface area contributed by atoms with Gasteiger partial charge < -0.3 is 14.5 Å². The van der Waals surface area contributed by atoms with Gasteiger partial charge in [-0.3, -0.25) is 0 Å². The number of carbonyl (C=O) groups excluding carboxylic acids is 1. The van der Waals surface area contributed by atoms with Crippen molar-refractivity contribution in [3.63, 3.8) is 0 Å². The lowest BCUT2D eigenvalue weighted by atomic mass is 9.98. The predicted molar refractivity (Wildman–Crippen MR) is 103 cm³/mol. The maximum absolute atomic E-state index is 11.9. The Morgan fingerprint density at radius 1 is 1.12 bits per heavy atom. The quantitative estimate of drug-likeness (QED) is 0.475. The SMILES string of the molecule is CCOC(=O)/C(C#N)=C/c1ccc(N(C)C)c2c(N(C)C)cccc12. The first kappa shape index (κ1) is 18.3. The van der Waals surface area contributed by atoms with Crippen molar-refractivity contribution in [2.45, 2.75) is 6.92 Å². The molecular weight excluding hydrogens is 314 g/mol. The predicted octanol–water partition coefficient (Wildman–Crippen LogP) is 3.44. The van der Waals surface area contributed by atoms with Crippen LogP contribution in [0.15, 0.2) is 35.9 Å². The molecule has 0 unspecified atom stereocenters. The van der Waals surface area contributed by atoms with E-state index >= 15 is 0 Å². The van der Waals surface area contributed by atoms with Crippen LogP contribution in [0.1, 0.15) is 12.5 Å². The summed E-state index contributed by atoms with van der Waals surface area (Å²) < 4.78 is 4.96. The molecule has 0 aliphatic carbocycles. The lowest BCUT2D eigenvalue weighted by Gasteiger charge is -2.22. The van der Waals surface area contributed by atoms with Crippen molar-refractivity contribution >= 4 is 34.2 Å². The highest BCUT2D eigenvalue weighted by Crippen LogP contribution is 2.36. The van der Waals surface area contributed by atoms with E-state index in [1.165, 1.54) is 0 Å². The van der Waals surface area contributed by atoms with Crippen LogP contribution in [0, 0.1) is 11.3 Å². The molecule has 130 valence electrons. The van der Waals surface area contributed by atoms with Gasteiger partial charge in [-0.25, -0.2) is 4.79 Å². The summed E-state index contributed by atoms with van der Waals surface area (Å²) in [5.74, 6) is -0.599. The van der Waals surface area contributed by atoms with Gasteiger partial charge in [0.1, 0.15) is 11.6 Å². The van der Waals surface area contributed by atoms with Crippen molar-refractivity contribution in [2.24, 2.45) is 0 Å². The second-order valence-electron chi connectivity index (χ2n) is 6.05. The van der Waals surface area contributed by atoms with Crippen LogP contribution in [-0.2, 0) is 9.53 Å². The second-order valence-corrected chi connectivity index (χ2v) is 6.05. The molecule has 5 heteroatoms. The van der Waals surface area contributed by atoms with Gasteiger partial charge in [0.25, 0.3) is 0 Å². The van der Waals surface area contributed by atoms with E-state index in [1.807, 2.05) is 58.5 Å². The number of hydrogen-bond acceptors (Lipinski definition) is 5.